The summed E-state index contributed by atoms with van der Waals surface area (Å²) in [5.74, 6) is -0.0626. The third-order valence-electron chi connectivity index (χ3n) is 2.67. The fraction of sp³-hybridized carbons (Fsp3) is 0.143. The molecule has 0 atom stereocenters. The quantitative estimate of drug-likeness (QED) is 0.872. The van der Waals surface area contributed by atoms with Crippen molar-refractivity contribution in [3.05, 3.63) is 48.3 Å². The zero-order valence-corrected chi connectivity index (χ0v) is 9.83. The molecule has 17 heavy (non-hydrogen) atoms. The minimum atomic E-state index is -0.327. The molecule has 0 saturated heterocycles. The topological polar surface area (TPSA) is 21.3 Å². The van der Waals surface area contributed by atoms with Gasteiger partial charge in [-0.05, 0) is 23.8 Å². The Bertz CT molecular complexity index is 508. The molecule has 0 aromatic heterocycles. The first-order valence-electron chi connectivity index (χ1n) is 5.37. The van der Waals surface area contributed by atoms with Crippen molar-refractivity contribution in [1.29, 1.82) is 0 Å². The van der Waals surface area contributed by atoms with Crippen molar-refractivity contribution in [3.63, 3.8) is 0 Å². The molecule has 0 radical (unpaired) electrons. The predicted molar refractivity (Wildman–Crippen MR) is 67.9 cm³/mol. The molecular weight excluding hydrogens is 217 g/mol. The zero-order chi connectivity index (χ0) is 12.3. The molecule has 0 amide bonds. The SMILES string of the molecule is CNc1ccc(-c2cccc(OC)c2F)cc1. The summed E-state index contributed by atoms with van der Waals surface area (Å²) in [5, 5.41) is 3.02. The Balaban J connectivity index is 2.45. The van der Waals surface area contributed by atoms with Gasteiger partial charge in [-0.1, -0.05) is 24.3 Å². The monoisotopic (exact) mass is 231 g/mol. The Morgan fingerprint density at radius 2 is 1.76 bits per heavy atom. The summed E-state index contributed by atoms with van der Waals surface area (Å²) in [5.41, 5.74) is 2.38. The van der Waals surface area contributed by atoms with Crippen LogP contribution in [0, 0.1) is 5.82 Å². The molecule has 0 spiro atoms. The van der Waals surface area contributed by atoms with E-state index in [1.807, 2.05) is 31.3 Å². The van der Waals surface area contributed by atoms with E-state index in [2.05, 4.69) is 5.32 Å². The van der Waals surface area contributed by atoms with E-state index in [0.29, 0.717) is 5.56 Å². The summed E-state index contributed by atoms with van der Waals surface area (Å²) in [6, 6.07) is 12.7. The average Bonchev–Trinajstić information content (AvgIpc) is 2.39. The van der Waals surface area contributed by atoms with Crippen molar-refractivity contribution in [1.82, 2.24) is 0 Å². The molecule has 0 unspecified atom stereocenters. The average molecular weight is 231 g/mol. The highest BCUT2D eigenvalue weighted by Crippen LogP contribution is 2.29. The molecule has 2 aromatic carbocycles. The summed E-state index contributed by atoms with van der Waals surface area (Å²) in [6.45, 7) is 0. The number of anilines is 1. The van der Waals surface area contributed by atoms with Gasteiger partial charge in [0.1, 0.15) is 0 Å². The number of halogens is 1. The molecule has 0 aliphatic carbocycles. The summed E-state index contributed by atoms with van der Waals surface area (Å²) < 4.78 is 19.0. The number of ether oxygens (including phenoxy) is 1. The van der Waals surface area contributed by atoms with Crippen molar-refractivity contribution in [2.45, 2.75) is 0 Å². The number of hydrogen-bond donors (Lipinski definition) is 1. The number of nitrogens with one attached hydrogen (secondary N) is 1. The maximum Gasteiger partial charge on any atom is 0.172 e. The Morgan fingerprint density at radius 3 is 2.35 bits per heavy atom. The van der Waals surface area contributed by atoms with Crippen molar-refractivity contribution >= 4 is 5.69 Å². The Labute approximate surface area is 100 Å². The molecule has 88 valence electrons. The normalized spacial score (nSPS) is 10.1. The van der Waals surface area contributed by atoms with Gasteiger partial charge >= 0.3 is 0 Å². The van der Waals surface area contributed by atoms with Crippen LogP contribution in [0.5, 0.6) is 5.75 Å². The number of rotatable bonds is 3. The summed E-state index contributed by atoms with van der Waals surface area (Å²) in [7, 11) is 3.31. The van der Waals surface area contributed by atoms with Gasteiger partial charge < -0.3 is 10.1 Å². The predicted octanol–water partition coefficient (Wildman–Crippen LogP) is 3.54. The first-order chi connectivity index (χ1) is 8.26. The Hall–Kier alpha value is -2.03. The van der Waals surface area contributed by atoms with E-state index in [1.54, 1.807) is 18.2 Å². The fourth-order valence-corrected chi connectivity index (χ4v) is 1.71. The van der Waals surface area contributed by atoms with Crippen LogP contribution in [0.3, 0.4) is 0 Å². The molecule has 2 rings (SSSR count). The van der Waals surface area contributed by atoms with Gasteiger partial charge in [-0.15, -0.1) is 0 Å². The van der Waals surface area contributed by atoms with Gasteiger partial charge in [-0.3, -0.25) is 0 Å². The fourth-order valence-electron chi connectivity index (χ4n) is 1.71. The molecule has 2 nitrogen and oxygen atoms in total. The van der Waals surface area contributed by atoms with E-state index in [4.69, 9.17) is 4.74 Å². The van der Waals surface area contributed by atoms with E-state index in [1.165, 1.54) is 7.11 Å². The largest absolute Gasteiger partial charge is 0.494 e. The Morgan fingerprint density at radius 1 is 1.06 bits per heavy atom. The minimum absolute atomic E-state index is 0.264. The highest BCUT2D eigenvalue weighted by atomic mass is 19.1. The van der Waals surface area contributed by atoms with Crippen LogP contribution in [-0.2, 0) is 0 Å². The van der Waals surface area contributed by atoms with E-state index in [-0.39, 0.29) is 11.6 Å². The van der Waals surface area contributed by atoms with Gasteiger partial charge in [0.15, 0.2) is 11.6 Å². The molecule has 1 N–H and O–H groups in total. The molecule has 0 saturated carbocycles. The van der Waals surface area contributed by atoms with Crippen LogP contribution in [0.4, 0.5) is 10.1 Å². The van der Waals surface area contributed by atoms with E-state index >= 15 is 0 Å². The maximum atomic E-state index is 14.0. The number of benzene rings is 2. The smallest absolute Gasteiger partial charge is 0.172 e. The molecule has 0 aliphatic rings. The van der Waals surface area contributed by atoms with Gasteiger partial charge in [-0.25, -0.2) is 4.39 Å². The molecule has 0 fully saturated rings. The van der Waals surface area contributed by atoms with E-state index < -0.39 is 0 Å². The lowest BCUT2D eigenvalue weighted by Crippen LogP contribution is -1.92. The van der Waals surface area contributed by atoms with Gasteiger partial charge in [0.05, 0.1) is 7.11 Å². The molecule has 3 heteroatoms. The highest BCUT2D eigenvalue weighted by Gasteiger charge is 2.09. The van der Waals surface area contributed by atoms with Crippen LogP contribution in [0.25, 0.3) is 11.1 Å². The first kappa shape index (κ1) is 11.5. The molecule has 0 aliphatic heterocycles. The molecule has 2 aromatic rings. The van der Waals surface area contributed by atoms with Crippen molar-refractivity contribution < 1.29 is 9.13 Å². The summed E-state index contributed by atoms with van der Waals surface area (Å²) >= 11 is 0. The Kier molecular flexibility index (Phi) is 3.28. The second-order valence-electron chi connectivity index (χ2n) is 3.65. The highest BCUT2D eigenvalue weighted by molar-refractivity contribution is 5.68. The van der Waals surface area contributed by atoms with Crippen LogP contribution in [-0.4, -0.2) is 14.2 Å². The lowest BCUT2D eigenvalue weighted by molar-refractivity contribution is 0.387. The third kappa shape index (κ3) is 2.23. The zero-order valence-electron chi connectivity index (χ0n) is 9.83. The van der Waals surface area contributed by atoms with Crippen LogP contribution in [0.2, 0.25) is 0 Å². The minimum Gasteiger partial charge on any atom is -0.494 e. The standard InChI is InChI=1S/C14H14FNO/c1-16-11-8-6-10(7-9-11)12-4-3-5-13(17-2)14(12)15/h3-9,16H,1-2H3. The molecule has 0 bridgehead atoms. The van der Waals surface area contributed by atoms with Gasteiger partial charge in [0, 0.05) is 18.3 Å². The first-order valence-corrected chi connectivity index (χ1v) is 5.37. The third-order valence-corrected chi connectivity index (χ3v) is 2.67. The lowest BCUT2D eigenvalue weighted by atomic mass is 10.0. The van der Waals surface area contributed by atoms with Crippen LogP contribution < -0.4 is 10.1 Å². The number of methoxy groups -OCH3 is 1. The molecule has 0 heterocycles. The van der Waals surface area contributed by atoms with E-state index in [9.17, 15) is 4.39 Å². The van der Waals surface area contributed by atoms with Gasteiger partial charge in [-0.2, -0.15) is 0 Å². The second kappa shape index (κ2) is 4.87. The second-order valence-corrected chi connectivity index (χ2v) is 3.65. The molecular formula is C14H14FNO. The van der Waals surface area contributed by atoms with Gasteiger partial charge in [0.25, 0.3) is 0 Å². The van der Waals surface area contributed by atoms with Crippen molar-refractivity contribution in [2.75, 3.05) is 19.5 Å². The maximum absolute atomic E-state index is 14.0. The summed E-state index contributed by atoms with van der Waals surface area (Å²) in [6.07, 6.45) is 0. The van der Waals surface area contributed by atoms with Gasteiger partial charge in [0.2, 0.25) is 0 Å². The van der Waals surface area contributed by atoms with Crippen LogP contribution >= 0.6 is 0 Å². The van der Waals surface area contributed by atoms with Crippen molar-refractivity contribution in [2.24, 2.45) is 0 Å². The number of hydrogen-bond acceptors (Lipinski definition) is 2. The summed E-state index contributed by atoms with van der Waals surface area (Å²) in [4.78, 5) is 0. The van der Waals surface area contributed by atoms with Crippen molar-refractivity contribution in [3.8, 4) is 16.9 Å². The van der Waals surface area contributed by atoms with Crippen LogP contribution in [0.1, 0.15) is 0 Å². The van der Waals surface area contributed by atoms with Crippen LogP contribution in [0.15, 0.2) is 42.5 Å². The lowest BCUT2D eigenvalue weighted by Gasteiger charge is -2.08. The van der Waals surface area contributed by atoms with E-state index in [0.717, 1.165) is 11.3 Å².